The first-order valence-corrected chi connectivity index (χ1v) is 3.06. The van der Waals surface area contributed by atoms with Gasteiger partial charge in [0.2, 0.25) is 0 Å². The summed E-state index contributed by atoms with van der Waals surface area (Å²) >= 11 is 5.55. The van der Waals surface area contributed by atoms with Gasteiger partial charge >= 0.3 is 0 Å². The smallest absolute Gasteiger partial charge is 0.112 e. The molecule has 8 heavy (non-hydrogen) atoms. The monoisotopic (exact) mass is 134 g/mol. The Morgan fingerprint density at radius 2 is 2.38 bits per heavy atom. The molecule has 0 aliphatic carbocycles. The Morgan fingerprint density at radius 1 is 1.88 bits per heavy atom. The van der Waals surface area contributed by atoms with Crippen LogP contribution < -0.4 is 5.73 Å². The third-order valence-corrected chi connectivity index (χ3v) is 0.972. The van der Waals surface area contributed by atoms with Gasteiger partial charge < -0.3 is 5.73 Å². The van der Waals surface area contributed by atoms with Crippen LogP contribution >= 0.6 is 11.6 Å². The lowest BCUT2D eigenvalue weighted by atomic mass is 10.4. The summed E-state index contributed by atoms with van der Waals surface area (Å²) in [5.41, 5.74) is 5.35. The Labute approximate surface area is 54.7 Å². The summed E-state index contributed by atoms with van der Waals surface area (Å²) < 4.78 is 0. The first-order chi connectivity index (χ1) is 3.68. The van der Waals surface area contributed by atoms with Crippen molar-refractivity contribution in [1.29, 1.82) is 0 Å². The summed E-state index contributed by atoms with van der Waals surface area (Å²) in [6.07, 6.45) is 0. The molecule has 2 N–H and O–H groups in total. The van der Waals surface area contributed by atoms with E-state index in [1.165, 1.54) is 0 Å². The molecule has 0 saturated heterocycles. The summed E-state index contributed by atoms with van der Waals surface area (Å²) in [5.74, 6) is 0.522. The number of aliphatic imine (C=N–C) groups is 1. The highest BCUT2D eigenvalue weighted by molar-refractivity contribution is 6.31. The number of alkyl halides is 1. The van der Waals surface area contributed by atoms with Gasteiger partial charge in [0.05, 0.1) is 5.38 Å². The first-order valence-electron chi connectivity index (χ1n) is 2.62. The number of amidine groups is 1. The maximum absolute atomic E-state index is 5.55. The highest BCUT2D eigenvalue weighted by Crippen LogP contribution is 1.91. The Kier molecular flexibility index (Phi) is 3.61. The largest absolute Gasteiger partial charge is 0.386 e. The van der Waals surface area contributed by atoms with E-state index in [0.29, 0.717) is 12.4 Å². The second kappa shape index (κ2) is 3.72. The summed E-state index contributed by atoms with van der Waals surface area (Å²) in [5, 5.41) is -0.130. The van der Waals surface area contributed by atoms with E-state index >= 15 is 0 Å². The van der Waals surface area contributed by atoms with Crippen molar-refractivity contribution in [2.24, 2.45) is 10.7 Å². The van der Waals surface area contributed by atoms with E-state index in [1.54, 1.807) is 6.92 Å². The molecule has 0 radical (unpaired) electrons. The fourth-order valence-corrected chi connectivity index (χ4v) is 0.377. The molecule has 48 valence electrons. The number of halogens is 1. The van der Waals surface area contributed by atoms with Gasteiger partial charge in [-0.05, 0) is 13.8 Å². The van der Waals surface area contributed by atoms with Crippen molar-refractivity contribution in [2.75, 3.05) is 6.54 Å². The van der Waals surface area contributed by atoms with Crippen LogP contribution in [0.2, 0.25) is 0 Å². The molecule has 0 aromatic heterocycles. The highest BCUT2D eigenvalue weighted by atomic mass is 35.5. The normalized spacial score (nSPS) is 16.1. The van der Waals surface area contributed by atoms with Crippen molar-refractivity contribution in [3.63, 3.8) is 0 Å². The Balaban J connectivity index is 3.61. The molecule has 0 spiro atoms. The van der Waals surface area contributed by atoms with Crippen LogP contribution in [0.4, 0.5) is 0 Å². The predicted molar refractivity (Wildman–Crippen MR) is 37.5 cm³/mol. The minimum Gasteiger partial charge on any atom is -0.386 e. The zero-order valence-corrected chi connectivity index (χ0v) is 5.94. The highest BCUT2D eigenvalue weighted by Gasteiger charge is 1.97. The van der Waals surface area contributed by atoms with Crippen LogP contribution in [-0.2, 0) is 0 Å². The number of nitrogens with zero attached hydrogens (tertiary/aromatic N) is 1. The number of hydrogen-bond donors (Lipinski definition) is 1. The third-order valence-electron chi connectivity index (χ3n) is 0.748. The maximum Gasteiger partial charge on any atom is 0.112 e. The molecular formula is C5H11ClN2. The molecule has 0 aliphatic rings. The number of nitrogens with two attached hydrogens (primary N) is 1. The number of rotatable bonds is 2. The molecule has 0 aromatic carbocycles. The van der Waals surface area contributed by atoms with Crippen molar-refractivity contribution >= 4 is 17.4 Å². The van der Waals surface area contributed by atoms with Gasteiger partial charge in [-0.3, -0.25) is 4.99 Å². The maximum atomic E-state index is 5.55. The zero-order chi connectivity index (χ0) is 6.57. The lowest BCUT2D eigenvalue weighted by Gasteiger charge is -1.98. The predicted octanol–water partition coefficient (Wildman–Crippen LogP) is 0.991. The minimum absolute atomic E-state index is 0.130. The Morgan fingerprint density at radius 3 is 2.50 bits per heavy atom. The summed E-state index contributed by atoms with van der Waals surface area (Å²) in [6, 6.07) is 0. The minimum atomic E-state index is -0.130. The fraction of sp³-hybridized carbons (Fsp3) is 0.800. The van der Waals surface area contributed by atoms with E-state index in [-0.39, 0.29) is 5.38 Å². The molecule has 1 atom stereocenters. The van der Waals surface area contributed by atoms with Gasteiger partial charge in [-0.15, -0.1) is 11.6 Å². The van der Waals surface area contributed by atoms with Gasteiger partial charge in [0, 0.05) is 6.54 Å². The fourth-order valence-electron chi connectivity index (χ4n) is 0.308. The van der Waals surface area contributed by atoms with Crippen molar-refractivity contribution in [2.45, 2.75) is 19.2 Å². The van der Waals surface area contributed by atoms with E-state index in [0.717, 1.165) is 0 Å². The van der Waals surface area contributed by atoms with E-state index in [4.69, 9.17) is 17.3 Å². The van der Waals surface area contributed by atoms with Crippen LogP contribution in [-0.4, -0.2) is 17.8 Å². The van der Waals surface area contributed by atoms with Crippen LogP contribution in [0.25, 0.3) is 0 Å². The molecule has 0 saturated carbocycles. The topological polar surface area (TPSA) is 38.4 Å². The van der Waals surface area contributed by atoms with Gasteiger partial charge in [-0.2, -0.15) is 0 Å². The van der Waals surface area contributed by atoms with E-state index in [9.17, 15) is 0 Å². The third kappa shape index (κ3) is 2.86. The Hall–Kier alpha value is -0.240. The summed E-state index contributed by atoms with van der Waals surface area (Å²) in [7, 11) is 0. The average molecular weight is 135 g/mol. The van der Waals surface area contributed by atoms with E-state index in [1.807, 2.05) is 6.92 Å². The van der Waals surface area contributed by atoms with Crippen molar-refractivity contribution in [3.8, 4) is 0 Å². The van der Waals surface area contributed by atoms with Gasteiger partial charge in [-0.1, -0.05) is 0 Å². The lowest BCUT2D eigenvalue weighted by Crippen LogP contribution is -2.21. The van der Waals surface area contributed by atoms with Crippen LogP contribution in [0.15, 0.2) is 4.99 Å². The van der Waals surface area contributed by atoms with Gasteiger partial charge in [-0.25, -0.2) is 0 Å². The molecule has 0 amide bonds. The molecule has 3 heteroatoms. The van der Waals surface area contributed by atoms with Gasteiger partial charge in [0.15, 0.2) is 0 Å². The zero-order valence-electron chi connectivity index (χ0n) is 5.19. The molecule has 0 fully saturated rings. The van der Waals surface area contributed by atoms with Crippen LogP contribution in [0.5, 0.6) is 0 Å². The average Bonchev–Trinajstić information content (AvgIpc) is 1.67. The molecule has 1 unspecified atom stereocenters. The van der Waals surface area contributed by atoms with Gasteiger partial charge in [0.25, 0.3) is 0 Å². The number of hydrogen-bond acceptors (Lipinski definition) is 1. The molecule has 2 nitrogen and oxygen atoms in total. The van der Waals surface area contributed by atoms with Crippen molar-refractivity contribution in [3.05, 3.63) is 0 Å². The van der Waals surface area contributed by atoms with Crippen LogP contribution in [0, 0.1) is 0 Å². The van der Waals surface area contributed by atoms with Crippen molar-refractivity contribution < 1.29 is 0 Å². The van der Waals surface area contributed by atoms with E-state index < -0.39 is 0 Å². The molecule has 0 heterocycles. The molecular weight excluding hydrogens is 124 g/mol. The van der Waals surface area contributed by atoms with Crippen LogP contribution in [0.1, 0.15) is 13.8 Å². The molecule has 0 aromatic rings. The second-order valence-electron chi connectivity index (χ2n) is 1.52. The Bertz CT molecular complexity index is 88.4. The summed E-state index contributed by atoms with van der Waals surface area (Å²) in [6.45, 7) is 4.44. The second-order valence-corrected chi connectivity index (χ2v) is 2.17. The molecule has 0 aliphatic heterocycles. The SMILES string of the molecule is CCN=C(N)C(C)Cl. The molecule has 0 bridgehead atoms. The summed E-state index contributed by atoms with van der Waals surface area (Å²) in [4.78, 5) is 3.89. The first kappa shape index (κ1) is 7.76. The quantitative estimate of drug-likeness (QED) is 0.342. The molecule has 0 rings (SSSR count). The van der Waals surface area contributed by atoms with E-state index in [2.05, 4.69) is 4.99 Å². The lowest BCUT2D eigenvalue weighted by molar-refractivity contribution is 1.09. The van der Waals surface area contributed by atoms with Crippen LogP contribution in [0.3, 0.4) is 0 Å². The van der Waals surface area contributed by atoms with Gasteiger partial charge in [0.1, 0.15) is 5.84 Å². The van der Waals surface area contributed by atoms with Crippen molar-refractivity contribution in [1.82, 2.24) is 0 Å². The standard InChI is InChI=1S/C5H11ClN2/c1-3-8-5(7)4(2)6/h4H,3H2,1-2H3,(H2,7,8).